The zero-order chi connectivity index (χ0) is 18.1. The molecule has 1 aromatic carbocycles. The fraction of sp³-hybridized carbons (Fsp3) is 0.450. The number of carbonyl (C=O) groups excluding carboxylic acids is 1. The van der Waals surface area contributed by atoms with Crippen molar-refractivity contribution in [2.24, 2.45) is 0 Å². The first-order valence-electron chi connectivity index (χ1n) is 9.01. The van der Waals surface area contributed by atoms with E-state index in [2.05, 4.69) is 39.9 Å². The van der Waals surface area contributed by atoms with Gasteiger partial charge in [0.1, 0.15) is 0 Å². The summed E-state index contributed by atoms with van der Waals surface area (Å²) in [6.07, 6.45) is 3.12. The number of rotatable bonds is 6. The summed E-state index contributed by atoms with van der Waals surface area (Å²) in [5.74, 6) is 1.62. The summed E-state index contributed by atoms with van der Waals surface area (Å²) in [7, 11) is 3.33. The Morgan fingerprint density at radius 3 is 2.69 bits per heavy atom. The van der Waals surface area contributed by atoms with Crippen molar-refractivity contribution in [3.05, 3.63) is 45.6 Å². The van der Waals surface area contributed by atoms with E-state index in [4.69, 9.17) is 9.47 Å². The number of ether oxygens (including phenoxy) is 2. The summed E-state index contributed by atoms with van der Waals surface area (Å²) in [5.41, 5.74) is 2.47. The van der Waals surface area contributed by atoms with Crippen LogP contribution in [0.5, 0.6) is 11.5 Å². The second-order valence-corrected chi connectivity index (χ2v) is 7.87. The van der Waals surface area contributed by atoms with Gasteiger partial charge in [-0.3, -0.25) is 9.69 Å². The molecule has 1 aromatic heterocycles. The molecule has 1 amide bonds. The van der Waals surface area contributed by atoms with Crippen molar-refractivity contribution in [1.82, 2.24) is 10.2 Å². The van der Waals surface area contributed by atoms with Gasteiger partial charge in [-0.25, -0.2) is 0 Å². The molecule has 4 rings (SSSR count). The molecule has 2 aliphatic rings. The van der Waals surface area contributed by atoms with E-state index in [1.54, 1.807) is 25.6 Å². The molecule has 1 aliphatic carbocycles. The van der Waals surface area contributed by atoms with Gasteiger partial charge in [0.25, 0.3) is 0 Å². The summed E-state index contributed by atoms with van der Waals surface area (Å²) < 4.78 is 11.0. The third kappa shape index (κ3) is 3.44. The van der Waals surface area contributed by atoms with Crippen LogP contribution in [0.1, 0.15) is 34.9 Å². The van der Waals surface area contributed by atoms with Crippen LogP contribution in [-0.2, 0) is 11.2 Å². The largest absolute Gasteiger partial charge is 0.493 e. The molecule has 6 heteroatoms. The third-order valence-corrected chi connectivity index (χ3v) is 6.00. The summed E-state index contributed by atoms with van der Waals surface area (Å²) in [4.78, 5) is 15.9. The van der Waals surface area contributed by atoms with Crippen LogP contribution in [0, 0.1) is 0 Å². The maximum absolute atomic E-state index is 12.4. The number of thiophene rings is 1. The Bertz CT molecular complexity index is 787. The van der Waals surface area contributed by atoms with Crippen LogP contribution in [0.4, 0.5) is 0 Å². The molecule has 2 aromatic rings. The van der Waals surface area contributed by atoms with Crippen molar-refractivity contribution >= 4 is 17.2 Å². The number of hydrogen-bond donors (Lipinski definition) is 1. The molecule has 1 aliphatic heterocycles. The molecule has 138 valence electrons. The van der Waals surface area contributed by atoms with E-state index in [-0.39, 0.29) is 11.9 Å². The Balaban J connectivity index is 1.68. The maximum Gasteiger partial charge on any atom is 0.234 e. The van der Waals surface area contributed by atoms with Crippen molar-refractivity contribution in [3.8, 4) is 11.5 Å². The fourth-order valence-electron chi connectivity index (χ4n) is 3.63. The van der Waals surface area contributed by atoms with E-state index < -0.39 is 0 Å². The van der Waals surface area contributed by atoms with Crippen molar-refractivity contribution in [2.45, 2.75) is 31.3 Å². The quantitative estimate of drug-likeness (QED) is 0.847. The molecule has 1 unspecified atom stereocenters. The Labute approximate surface area is 157 Å². The maximum atomic E-state index is 12.4. The second-order valence-electron chi connectivity index (χ2n) is 6.89. The molecule has 1 fully saturated rings. The van der Waals surface area contributed by atoms with Gasteiger partial charge < -0.3 is 14.8 Å². The number of nitrogens with one attached hydrogen (secondary N) is 1. The zero-order valence-electron chi connectivity index (χ0n) is 15.2. The van der Waals surface area contributed by atoms with Crippen LogP contribution in [0.2, 0.25) is 0 Å². The van der Waals surface area contributed by atoms with Gasteiger partial charge in [-0.05, 0) is 54.0 Å². The number of fused-ring (bicyclic) bond motifs is 1. The Kier molecular flexibility index (Phi) is 4.87. The molecule has 1 saturated carbocycles. The highest BCUT2D eigenvalue weighted by molar-refractivity contribution is 7.10. The molecule has 0 bridgehead atoms. The number of methoxy groups -OCH3 is 2. The molecule has 0 saturated heterocycles. The van der Waals surface area contributed by atoms with Crippen LogP contribution in [0.3, 0.4) is 0 Å². The second kappa shape index (κ2) is 7.29. The number of benzene rings is 1. The summed E-state index contributed by atoms with van der Waals surface area (Å²) in [5, 5.41) is 5.20. The number of nitrogens with zero attached hydrogens (tertiary/aromatic N) is 1. The smallest absolute Gasteiger partial charge is 0.234 e. The van der Waals surface area contributed by atoms with Gasteiger partial charge in [-0.1, -0.05) is 6.07 Å². The van der Waals surface area contributed by atoms with E-state index >= 15 is 0 Å². The lowest BCUT2D eigenvalue weighted by atomic mass is 9.91. The predicted octanol–water partition coefficient (Wildman–Crippen LogP) is 2.99. The fourth-order valence-corrected chi connectivity index (χ4v) is 4.51. The zero-order valence-corrected chi connectivity index (χ0v) is 16.0. The summed E-state index contributed by atoms with van der Waals surface area (Å²) >= 11 is 1.73. The number of carbonyl (C=O) groups is 1. The van der Waals surface area contributed by atoms with E-state index in [1.165, 1.54) is 16.0 Å². The van der Waals surface area contributed by atoms with E-state index in [9.17, 15) is 4.79 Å². The number of hydrogen-bond acceptors (Lipinski definition) is 5. The summed E-state index contributed by atoms with van der Waals surface area (Å²) in [6.45, 7) is 1.27. The van der Waals surface area contributed by atoms with Crippen molar-refractivity contribution < 1.29 is 14.3 Å². The molecule has 0 spiro atoms. The normalized spacial score (nSPS) is 19.7. The highest BCUT2D eigenvalue weighted by Gasteiger charge is 2.33. The predicted molar refractivity (Wildman–Crippen MR) is 102 cm³/mol. The Hall–Kier alpha value is -2.05. The molecule has 5 nitrogen and oxygen atoms in total. The minimum absolute atomic E-state index is 0.0727. The van der Waals surface area contributed by atoms with Gasteiger partial charge in [0.2, 0.25) is 5.91 Å². The van der Waals surface area contributed by atoms with Gasteiger partial charge in [-0.2, -0.15) is 0 Å². The van der Waals surface area contributed by atoms with E-state index in [1.807, 2.05) is 0 Å². The topological polar surface area (TPSA) is 50.8 Å². The molecule has 26 heavy (non-hydrogen) atoms. The third-order valence-electron chi connectivity index (χ3n) is 5.08. The first-order valence-corrected chi connectivity index (χ1v) is 9.89. The SMILES string of the molecule is COc1cc2c(cc1OC)C(c1cccs1)N(CC(=O)NC1CC1)CC2. The first-order chi connectivity index (χ1) is 12.7. The molecular formula is C20H24N2O3S. The number of amides is 1. The molecular weight excluding hydrogens is 348 g/mol. The van der Waals surface area contributed by atoms with Crippen LogP contribution >= 0.6 is 11.3 Å². The average molecular weight is 372 g/mol. The first kappa shape index (κ1) is 17.4. The molecule has 1 N–H and O–H groups in total. The van der Waals surface area contributed by atoms with Crippen molar-refractivity contribution in [1.29, 1.82) is 0 Å². The van der Waals surface area contributed by atoms with Gasteiger partial charge >= 0.3 is 0 Å². The molecule has 0 radical (unpaired) electrons. The minimum atomic E-state index is 0.0727. The Morgan fingerprint density at radius 1 is 1.27 bits per heavy atom. The molecule has 1 atom stereocenters. The van der Waals surface area contributed by atoms with Crippen LogP contribution < -0.4 is 14.8 Å². The van der Waals surface area contributed by atoms with Crippen molar-refractivity contribution in [3.63, 3.8) is 0 Å². The highest BCUT2D eigenvalue weighted by atomic mass is 32.1. The van der Waals surface area contributed by atoms with Crippen LogP contribution in [-0.4, -0.2) is 44.2 Å². The van der Waals surface area contributed by atoms with E-state index in [0.717, 1.165) is 37.3 Å². The summed E-state index contributed by atoms with van der Waals surface area (Å²) in [6, 6.07) is 8.83. The lowest BCUT2D eigenvalue weighted by molar-refractivity contribution is -0.122. The molecule has 2 heterocycles. The van der Waals surface area contributed by atoms with Gasteiger partial charge in [0, 0.05) is 17.5 Å². The van der Waals surface area contributed by atoms with Gasteiger partial charge in [0.15, 0.2) is 11.5 Å². The van der Waals surface area contributed by atoms with E-state index in [0.29, 0.717) is 12.6 Å². The standard InChI is InChI=1S/C20H24N2O3S/c1-24-16-10-13-7-8-22(12-19(23)21-14-5-6-14)20(18-4-3-9-26-18)15(13)11-17(16)25-2/h3-4,9-11,14,20H,5-8,12H2,1-2H3,(H,21,23). The lowest BCUT2D eigenvalue weighted by Crippen LogP contribution is -2.43. The van der Waals surface area contributed by atoms with Crippen LogP contribution in [0.15, 0.2) is 29.6 Å². The van der Waals surface area contributed by atoms with Gasteiger partial charge in [0.05, 0.1) is 26.8 Å². The Morgan fingerprint density at radius 2 is 2.04 bits per heavy atom. The van der Waals surface area contributed by atoms with Crippen molar-refractivity contribution in [2.75, 3.05) is 27.3 Å². The van der Waals surface area contributed by atoms with Crippen LogP contribution in [0.25, 0.3) is 0 Å². The monoisotopic (exact) mass is 372 g/mol. The highest BCUT2D eigenvalue weighted by Crippen LogP contribution is 2.42. The average Bonchev–Trinajstić information content (AvgIpc) is 3.29. The van der Waals surface area contributed by atoms with Gasteiger partial charge in [-0.15, -0.1) is 11.3 Å². The lowest BCUT2D eigenvalue weighted by Gasteiger charge is -2.37. The minimum Gasteiger partial charge on any atom is -0.493 e.